The molecule has 7 nitrogen and oxygen atoms in total. The molecule has 1 aromatic heterocycles. The minimum atomic E-state index is -3.57. The normalized spacial score (nSPS) is 14.8. The molecule has 1 aliphatic heterocycles. The fourth-order valence-electron chi connectivity index (χ4n) is 4.15. The smallest absolute Gasteiger partial charge is 0.337 e. The van der Waals surface area contributed by atoms with E-state index in [0.717, 1.165) is 31.6 Å². The standard InChI is InChI=1S/C26H30N2O5S/c1-19-24(27-25(33-19)21-8-10-22(11-9-21)26(29)32-2)18-34(30,31)23-12-6-20(7-13-23)14-17-28-15-4-3-5-16-28/h6-13H,3-5,14-18H2,1-2H3. The second-order valence-corrected chi connectivity index (χ2v) is 10.6. The maximum atomic E-state index is 13.0. The van der Waals surface area contributed by atoms with E-state index in [1.807, 2.05) is 12.1 Å². The van der Waals surface area contributed by atoms with E-state index in [-0.39, 0.29) is 10.6 Å². The molecule has 2 heterocycles. The van der Waals surface area contributed by atoms with Crippen LogP contribution >= 0.6 is 0 Å². The molecule has 3 aromatic rings. The van der Waals surface area contributed by atoms with Gasteiger partial charge in [0.25, 0.3) is 0 Å². The highest BCUT2D eigenvalue weighted by molar-refractivity contribution is 7.90. The molecule has 1 fully saturated rings. The number of likely N-dealkylation sites (tertiary alicyclic amines) is 1. The lowest BCUT2D eigenvalue weighted by atomic mass is 10.1. The third-order valence-corrected chi connectivity index (χ3v) is 7.86. The average Bonchev–Trinajstić information content (AvgIpc) is 3.22. The first-order chi connectivity index (χ1) is 16.4. The van der Waals surface area contributed by atoms with Crippen LogP contribution in [0, 0.1) is 6.92 Å². The predicted octanol–water partition coefficient (Wildman–Crippen LogP) is 4.44. The summed E-state index contributed by atoms with van der Waals surface area (Å²) in [5.74, 6) is 0.0933. The summed E-state index contributed by atoms with van der Waals surface area (Å²) in [6.45, 7) is 5.02. The Morgan fingerprint density at radius 2 is 1.71 bits per heavy atom. The number of methoxy groups -OCH3 is 1. The number of aromatic nitrogens is 1. The van der Waals surface area contributed by atoms with Crippen molar-refractivity contribution in [3.63, 3.8) is 0 Å². The highest BCUT2D eigenvalue weighted by atomic mass is 32.2. The zero-order chi connectivity index (χ0) is 24.1. The Labute approximate surface area is 200 Å². The molecule has 34 heavy (non-hydrogen) atoms. The van der Waals surface area contributed by atoms with Gasteiger partial charge in [-0.2, -0.15) is 0 Å². The molecule has 0 N–H and O–H groups in total. The quantitative estimate of drug-likeness (QED) is 0.439. The van der Waals surface area contributed by atoms with E-state index in [0.29, 0.717) is 28.5 Å². The lowest BCUT2D eigenvalue weighted by Crippen LogP contribution is -2.31. The van der Waals surface area contributed by atoms with Gasteiger partial charge in [-0.3, -0.25) is 0 Å². The number of ether oxygens (including phenoxy) is 1. The molecule has 180 valence electrons. The topological polar surface area (TPSA) is 89.7 Å². The van der Waals surface area contributed by atoms with Gasteiger partial charge in [0, 0.05) is 12.1 Å². The molecule has 0 radical (unpaired) electrons. The largest absolute Gasteiger partial charge is 0.465 e. The van der Waals surface area contributed by atoms with Gasteiger partial charge in [0.1, 0.15) is 11.5 Å². The van der Waals surface area contributed by atoms with Crippen LogP contribution in [0.2, 0.25) is 0 Å². The average molecular weight is 483 g/mol. The number of sulfone groups is 1. The summed E-state index contributed by atoms with van der Waals surface area (Å²) >= 11 is 0. The van der Waals surface area contributed by atoms with Crippen LogP contribution in [0.15, 0.2) is 57.8 Å². The Hall–Kier alpha value is -2.97. The van der Waals surface area contributed by atoms with Crippen molar-refractivity contribution in [2.24, 2.45) is 0 Å². The van der Waals surface area contributed by atoms with E-state index < -0.39 is 15.8 Å². The molecule has 0 amide bonds. The van der Waals surface area contributed by atoms with Gasteiger partial charge in [-0.05, 0) is 81.2 Å². The van der Waals surface area contributed by atoms with Gasteiger partial charge in [-0.25, -0.2) is 18.2 Å². The van der Waals surface area contributed by atoms with Crippen LogP contribution in [0.1, 0.15) is 46.6 Å². The third-order valence-electron chi connectivity index (χ3n) is 6.22. The van der Waals surface area contributed by atoms with E-state index in [9.17, 15) is 13.2 Å². The summed E-state index contributed by atoms with van der Waals surface area (Å²) in [5, 5.41) is 0. The highest BCUT2D eigenvalue weighted by Crippen LogP contribution is 2.25. The molecule has 0 unspecified atom stereocenters. The first-order valence-electron chi connectivity index (χ1n) is 11.5. The SMILES string of the molecule is COC(=O)c1ccc(-c2nc(CS(=O)(=O)c3ccc(CCN4CCCCC4)cc3)c(C)o2)cc1. The summed E-state index contributed by atoms with van der Waals surface area (Å²) in [6, 6.07) is 13.8. The first kappa shape index (κ1) is 24.2. The molecule has 8 heteroatoms. The van der Waals surface area contributed by atoms with Gasteiger partial charge in [0.15, 0.2) is 9.84 Å². The minimum Gasteiger partial charge on any atom is -0.465 e. The van der Waals surface area contributed by atoms with Crippen LogP contribution < -0.4 is 0 Å². The molecule has 4 rings (SSSR count). The maximum absolute atomic E-state index is 13.0. The Morgan fingerprint density at radius 3 is 2.35 bits per heavy atom. The lowest BCUT2D eigenvalue weighted by molar-refractivity contribution is 0.0600. The van der Waals surface area contributed by atoms with Crippen LogP contribution in [0.4, 0.5) is 0 Å². The van der Waals surface area contributed by atoms with Crippen molar-refractivity contribution in [1.82, 2.24) is 9.88 Å². The number of benzene rings is 2. The molecule has 0 atom stereocenters. The number of carbonyl (C=O) groups is 1. The van der Waals surface area contributed by atoms with Crippen LogP contribution in [0.25, 0.3) is 11.5 Å². The summed E-state index contributed by atoms with van der Waals surface area (Å²) in [7, 11) is -2.25. The molecule has 1 saturated heterocycles. The van der Waals surface area contributed by atoms with Crippen molar-refractivity contribution >= 4 is 15.8 Å². The summed E-state index contributed by atoms with van der Waals surface area (Å²) in [6.07, 6.45) is 4.76. The van der Waals surface area contributed by atoms with Crippen molar-refractivity contribution in [3.05, 3.63) is 71.1 Å². The number of esters is 1. The second kappa shape index (κ2) is 10.5. The van der Waals surface area contributed by atoms with Crippen molar-refractivity contribution in [3.8, 4) is 11.5 Å². The van der Waals surface area contributed by atoms with Gasteiger partial charge in [-0.1, -0.05) is 18.6 Å². The summed E-state index contributed by atoms with van der Waals surface area (Å²) in [4.78, 5) is 18.8. The second-order valence-electron chi connectivity index (χ2n) is 8.65. The monoisotopic (exact) mass is 482 g/mol. The number of hydrogen-bond donors (Lipinski definition) is 0. The number of hydrogen-bond acceptors (Lipinski definition) is 7. The number of piperidine rings is 1. The van der Waals surface area contributed by atoms with Crippen molar-refractivity contribution in [1.29, 1.82) is 0 Å². The van der Waals surface area contributed by atoms with Crippen LogP contribution in [-0.4, -0.2) is 51.0 Å². The van der Waals surface area contributed by atoms with E-state index in [2.05, 4.69) is 9.88 Å². The maximum Gasteiger partial charge on any atom is 0.337 e. The van der Waals surface area contributed by atoms with Gasteiger partial charge in [0.2, 0.25) is 5.89 Å². The van der Waals surface area contributed by atoms with Crippen LogP contribution in [-0.2, 0) is 26.7 Å². The fraction of sp³-hybridized carbons (Fsp3) is 0.385. The fourth-order valence-corrected chi connectivity index (χ4v) is 5.49. The summed E-state index contributed by atoms with van der Waals surface area (Å²) < 4.78 is 36.5. The first-order valence-corrected chi connectivity index (χ1v) is 13.2. The van der Waals surface area contributed by atoms with E-state index >= 15 is 0 Å². The van der Waals surface area contributed by atoms with Crippen molar-refractivity contribution < 1.29 is 22.4 Å². The van der Waals surface area contributed by atoms with Crippen molar-refractivity contribution in [2.75, 3.05) is 26.7 Å². The van der Waals surface area contributed by atoms with E-state index in [1.165, 1.54) is 26.4 Å². The molecule has 0 spiro atoms. The van der Waals surface area contributed by atoms with Gasteiger partial charge >= 0.3 is 5.97 Å². The summed E-state index contributed by atoms with van der Waals surface area (Å²) in [5.41, 5.74) is 2.58. The van der Waals surface area contributed by atoms with E-state index in [4.69, 9.17) is 9.15 Å². The minimum absolute atomic E-state index is 0.240. The number of rotatable bonds is 8. The molecule has 0 bridgehead atoms. The molecule has 0 saturated carbocycles. The molecular weight excluding hydrogens is 452 g/mol. The van der Waals surface area contributed by atoms with E-state index in [1.54, 1.807) is 43.3 Å². The Kier molecular flexibility index (Phi) is 7.48. The molecular formula is C26H30N2O5S. The Balaban J connectivity index is 1.42. The number of aryl methyl sites for hydroxylation is 1. The Morgan fingerprint density at radius 1 is 1.03 bits per heavy atom. The van der Waals surface area contributed by atoms with Gasteiger partial charge in [0.05, 0.1) is 23.3 Å². The highest BCUT2D eigenvalue weighted by Gasteiger charge is 2.21. The van der Waals surface area contributed by atoms with Crippen molar-refractivity contribution in [2.45, 2.75) is 43.3 Å². The van der Waals surface area contributed by atoms with Crippen LogP contribution in [0.3, 0.4) is 0 Å². The lowest BCUT2D eigenvalue weighted by Gasteiger charge is -2.26. The predicted molar refractivity (Wildman–Crippen MR) is 129 cm³/mol. The number of carbonyl (C=O) groups excluding carboxylic acids is 1. The van der Waals surface area contributed by atoms with Gasteiger partial charge in [-0.15, -0.1) is 0 Å². The Bertz CT molecular complexity index is 1230. The molecule has 2 aromatic carbocycles. The van der Waals surface area contributed by atoms with Crippen LogP contribution in [0.5, 0.6) is 0 Å². The molecule has 1 aliphatic rings. The number of oxazole rings is 1. The van der Waals surface area contributed by atoms with Gasteiger partial charge < -0.3 is 14.1 Å². The number of nitrogens with zero attached hydrogens (tertiary/aromatic N) is 2. The molecule has 0 aliphatic carbocycles. The zero-order valence-electron chi connectivity index (χ0n) is 19.6. The third kappa shape index (κ3) is 5.74. The zero-order valence-corrected chi connectivity index (χ0v) is 20.4.